The van der Waals surface area contributed by atoms with E-state index in [9.17, 15) is 9.59 Å². The lowest BCUT2D eigenvalue weighted by Crippen LogP contribution is -2.09. The quantitative estimate of drug-likeness (QED) is 0.246. The van der Waals surface area contributed by atoms with Crippen molar-refractivity contribution < 1.29 is 39.5 Å². The van der Waals surface area contributed by atoms with Gasteiger partial charge >= 0.3 is 11.9 Å². The van der Waals surface area contributed by atoms with Crippen molar-refractivity contribution in [1.29, 1.82) is 0 Å². The van der Waals surface area contributed by atoms with Crippen LogP contribution in [0.25, 0.3) is 0 Å². The third-order valence-electron chi connectivity index (χ3n) is 3.62. The fourth-order valence-corrected chi connectivity index (χ4v) is 2.24. The highest BCUT2D eigenvalue weighted by Crippen LogP contribution is 2.11. The van der Waals surface area contributed by atoms with Crippen LogP contribution in [0.3, 0.4) is 0 Å². The molecule has 0 rings (SSSR count). The number of ether oxygens (including phenoxy) is 2. The highest BCUT2D eigenvalue weighted by molar-refractivity contribution is 5.66. The first-order chi connectivity index (χ1) is 13.0. The number of aliphatic hydroxyl groups is 2. The standard InChI is InChI=1S/C13H24O4.C6H14O4/c14-12(15)10-8-6-4-2-1-3-5-7-9-11-13(16)17;7-1-3-9-5-6-10-4-2-8/h1-11H2,(H,14,15)(H,16,17);7-8H,1-6H2. The summed E-state index contributed by atoms with van der Waals surface area (Å²) in [7, 11) is 0. The van der Waals surface area contributed by atoms with Crippen molar-refractivity contribution in [2.24, 2.45) is 0 Å². The lowest BCUT2D eigenvalue weighted by molar-refractivity contribution is -0.138. The van der Waals surface area contributed by atoms with E-state index in [-0.39, 0.29) is 26.1 Å². The Labute approximate surface area is 162 Å². The maximum Gasteiger partial charge on any atom is 0.303 e. The predicted octanol–water partition coefficient (Wildman–Crippen LogP) is 2.45. The van der Waals surface area contributed by atoms with Crippen LogP contribution in [0, 0.1) is 0 Å². The zero-order chi connectivity index (χ0) is 20.6. The van der Waals surface area contributed by atoms with E-state index in [0.717, 1.165) is 38.5 Å². The van der Waals surface area contributed by atoms with Gasteiger partial charge in [-0.05, 0) is 12.8 Å². The van der Waals surface area contributed by atoms with Crippen molar-refractivity contribution in [3.63, 3.8) is 0 Å². The van der Waals surface area contributed by atoms with E-state index in [4.69, 9.17) is 29.9 Å². The Morgan fingerprint density at radius 1 is 0.519 bits per heavy atom. The van der Waals surface area contributed by atoms with Crippen LogP contribution in [0.5, 0.6) is 0 Å². The summed E-state index contributed by atoms with van der Waals surface area (Å²) < 4.78 is 9.75. The average molecular weight is 395 g/mol. The zero-order valence-electron chi connectivity index (χ0n) is 16.4. The fourth-order valence-electron chi connectivity index (χ4n) is 2.24. The Balaban J connectivity index is 0. The van der Waals surface area contributed by atoms with Crippen LogP contribution in [0.2, 0.25) is 0 Å². The second-order valence-electron chi connectivity index (χ2n) is 6.14. The zero-order valence-corrected chi connectivity index (χ0v) is 16.4. The number of carboxylic acids is 2. The second kappa shape index (κ2) is 24.8. The summed E-state index contributed by atoms with van der Waals surface area (Å²) >= 11 is 0. The molecule has 8 heteroatoms. The van der Waals surface area contributed by atoms with E-state index in [1.54, 1.807) is 0 Å². The first-order valence-electron chi connectivity index (χ1n) is 9.85. The first kappa shape index (κ1) is 28.0. The van der Waals surface area contributed by atoms with E-state index >= 15 is 0 Å². The van der Waals surface area contributed by atoms with Gasteiger partial charge in [0, 0.05) is 12.8 Å². The molecule has 162 valence electrons. The number of unbranched alkanes of at least 4 members (excludes halogenated alkanes) is 8. The molecule has 0 saturated carbocycles. The van der Waals surface area contributed by atoms with Gasteiger partial charge in [-0.2, -0.15) is 0 Å². The highest BCUT2D eigenvalue weighted by atomic mass is 16.5. The molecule has 0 radical (unpaired) electrons. The molecule has 0 amide bonds. The molecule has 0 saturated heterocycles. The summed E-state index contributed by atoms with van der Waals surface area (Å²) in [5, 5.41) is 33.4. The molecular weight excluding hydrogens is 356 g/mol. The highest BCUT2D eigenvalue weighted by Gasteiger charge is 1.98. The molecule has 0 aromatic heterocycles. The Morgan fingerprint density at radius 3 is 1.07 bits per heavy atom. The largest absolute Gasteiger partial charge is 0.481 e. The molecule has 0 heterocycles. The molecule has 0 aliphatic carbocycles. The Hall–Kier alpha value is -1.22. The van der Waals surface area contributed by atoms with Crippen molar-refractivity contribution in [2.45, 2.75) is 70.6 Å². The first-order valence-corrected chi connectivity index (χ1v) is 9.85. The normalized spacial score (nSPS) is 10.3. The van der Waals surface area contributed by atoms with Crippen LogP contribution in [0.1, 0.15) is 70.6 Å². The van der Waals surface area contributed by atoms with Gasteiger partial charge in [-0.1, -0.05) is 44.9 Å². The lowest BCUT2D eigenvalue weighted by Gasteiger charge is -2.01. The molecule has 27 heavy (non-hydrogen) atoms. The van der Waals surface area contributed by atoms with E-state index < -0.39 is 11.9 Å². The van der Waals surface area contributed by atoms with E-state index in [0.29, 0.717) is 26.4 Å². The molecule has 0 aromatic carbocycles. The van der Waals surface area contributed by atoms with Crippen molar-refractivity contribution in [1.82, 2.24) is 0 Å². The monoisotopic (exact) mass is 394 g/mol. The molecule has 0 aliphatic heterocycles. The molecule has 0 bridgehead atoms. The number of aliphatic hydroxyl groups excluding tert-OH is 2. The number of hydrogen-bond acceptors (Lipinski definition) is 6. The summed E-state index contributed by atoms with van der Waals surface area (Å²) in [6.45, 7) is 1.73. The van der Waals surface area contributed by atoms with Gasteiger partial charge in [0.1, 0.15) is 0 Å². The molecule has 8 nitrogen and oxygen atoms in total. The molecule has 0 aliphatic rings. The third-order valence-corrected chi connectivity index (χ3v) is 3.62. The van der Waals surface area contributed by atoms with Gasteiger partial charge in [-0.15, -0.1) is 0 Å². The average Bonchev–Trinajstić information content (AvgIpc) is 2.62. The fraction of sp³-hybridized carbons (Fsp3) is 0.895. The summed E-state index contributed by atoms with van der Waals surface area (Å²) in [6.07, 6.45) is 9.89. The maximum atomic E-state index is 10.2. The molecule has 4 N–H and O–H groups in total. The van der Waals surface area contributed by atoms with Crippen LogP contribution in [-0.2, 0) is 19.1 Å². The minimum atomic E-state index is -0.705. The van der Waals surface area contributed by atoms with E-state index in [2.05, 4.69) is 0 Å². The number of hydrogen-bond donors (Lipinski definition) is 4. The van der Waals surface area contributed by atoms with Crippen LogP contribution in [0.15, 0.2) is 0 Å². The van der Waals surface area contributed by atoms with Gasteiger partial charge in [0.2, 0.25) is 0 Å². The number of carbonyl (C=O) groups is 2. The Kier molecular flexibility index (Phi) is 25.7. The van der Waals surface area contributed by atoms with Crippen molar-refractivity contribution in [3.8, 4) is 0 Å². The lowest BCUT2D eigenvalue weighted by atomic mass is 10.1. The van der Waals surface area contributed by atoms with Gasteiger partial charge in [0.25, 0.3) is 0 Å². The second-order valence-corrected chi connectivity index (χ2v) is 6.14. The predicted molar refractivity (Wildman–Crippen MR) is 102 cm³/mol. The minimum Gasteiger partial charge on any atom is -0.481 e. The smallest absolute Gasteiger partial charge is 0.303 e. The van der Waals surface area contributed by atoms with Crippen molar-refractivity contribution >= 4 is 11.9 Å². The summed E-state index contributed by atoms with van der Waals surface area (Å²) in [6, 6.07) is 0. The topological polar surface area (TPSA) is 134 Å². The van der Waals surface area contributed by atoms with E-state index in [1.165, 1.54) is 19.3 Å². The SMILES string of the molecule is O=C(O)CCCCCCCCCCCC(=O)O.OCCOCCOCCO. The number of rotatable bonds is 19. The molecule has 0 spiro atoms. The van der Waals surface area contributed by atoms with Gasteiger partial charge in [-0.3, -0.25) is 9.59 Å². The maximum absolute atomic E-state index is 10.2. The Bertz CT molecular complexity index is 293. The molecule has 0 aromatic rings. The third kappa shape index (κ3) is 32.9. The van der Waals surface area contributed by atoms with Crippen molar-refractivity contribution in [3.05, 3.63) is 0 Å². The Morgan fingerprint density at radius 2 is 0.815 bits per heavy atom. The van der Waals surface area contributed by atoms with Crippen LogP contribution < -0.4 is 0 Å². The number of aliphatic carboxylic acids is 2. The minimum absolute atomic E-state index is 0.0417. The number of carboxylic acid groups (broad SMARTS) is 2. The van der Waals surface area contributed by atoms with Crippen molar-refractivity contribution in [2.75, 3.05) is 39.6 Å². The molecule has 0 fully saturated rings. The van der Waals surface area contributed by atoms with Crippen LogP contribution in [-0.4, -0.2) is 72.0 Å². The summed E-state index contributed by atoms with van der Waals surface area (Å²) in [4.78, 5) is 20.5. The van der Waals surface area contributed by atoms with Gasteiger partial charge < -0.3 is 29.9 Å². The summed E-state index contributed by atoms with van der Waals surface area (Å²) in [5.41, 5.74) is 0. The van der Waals surface area contributed by atoms with Gasteiger partial charge in [-0.25, -0.2) is 0 Å². The van der Waals surface area contributed by atoms with E-state index in [1.807, 2.05) is 0 Å². The molecule has 0 atom stereocenters. The summed E-state index contributed by atoms with van der Waals surface area (Å²) in [5.74, 6) is -1.41. The van der Waals surface area contributed by atoms with Crippen LogP contribution >= 0.6 is 0 Å². The van der Waals surface area contributed by atoms with Crippen LogP contribution in [0.4, 0.5) is 0 Å². The van der Waals surface area contributed by atoms with Gasteiger partial charge in [0.15, 0.2) is 0 Å². The molecule has 0 unspecified atom stereocenters. The van der Waals surface area contributed by atoms with Gasteiger partial charge in [0.05, 0.1) is 39.6 Å². The molecular formula is C19H38O8.